The van der Waals surface area contributed by atoms with Crippen LogP contribution >= 0.6 is 0 Å². The number of pyridine rings is 1. The van der Waals surface area contributed by atoms with Crippen LogP contribution in [0, 0.1) is 0 Å². The molecule has 0 bridgehead atoms. The summed E-state index contributed by atoms with van der Waals surface area (Å²) in [4.78, 5) is 7.03. The van der Waals surface area contributed by atoms with E-state index >= 15 is 0 Å². The molecule has 124 valence electrons. The van der Waals surface area contributed by atoms with Gasteiger partial charge in [-0.1, -0.05) is 45.9 Å². The molecule has 2 heteroatoms. The molecule has 1 aromatic heterocycles. The summed E-state index contributed by atoms with van der Waals surface area (Å²) < 4.78 is 0. The third-order valence-corrected chi connectivity index (χ3v) is 4.16. The molecule has 0 unspecified atom stereocenters. The fourth-order valence-corrected chi connectivity index (χ4v) is 2.74. The van der Waals surface area contributed by atoms with Crippen LogP contribution in [0.15, 0.2) is 42.6 Å². The standard InChI is InChI=1S/C21H30N2/c1-15(2)17-8-11-19(12-9-17)23(21(5,6)7)20-13-10-18(14-22-20)16(3)4/h8-16H,1-7H3. The second kappa shape index (κ2) is 6.74. The molecule has 0 fully saturated rings. The molecule has 0 N–H and O–H groups in total. The van der Waals surface area contributed by atoms with Crippen LogP contribution in [-0.4, -0.2) is 10.5 Å². The van der Waals surface area contributed by atoms with Crippen molar-refractivity contribution < 1.29 is 0 Å². The molecule has 0 aliphatic heterocycles. The van der Waals surface area contributed by atoms with Gasteiger partial charge in [-0.05, 0) is 61.9 Å². The smallest absolute Gasteiger partial charge is 0.133 e. The van der Waals surface area contributed by atoms with Crippen molar-refractivity contribution >= 4 is 11.5 Å². The third kappa shape index (κ3) is 4.13. The molecule has 0 aliphatic rings. The van der Waals surface area contributed by atoms with Gasteiger partial charge in [-0.3, -0.25) is 0 Å². The fourth-order valence-electron chi connectivity index (χ4n) is 2.74. The molecule has 0 radical (unpaired) electrons. The molecule has 0 amide bonds. The zero-order chi connectivity index (χ0) is 17.2. The Morgan fingerprint density at radius 2 is 1.30 bits per heavy atom. The molecule has 0 aliphatic carbocycles. The van der Waals surface area contributed by atoms with Crippen LogP contribution in [-0.2, 0) is 0 Å². The maximum absolute atomic E-state index is 4.73. The lowest BCUT2D eigenvalue weighted by atomic mass is 10.0. The fraction of sp³-hybridized carbons (Fsp3) is 0.476. The van der Waals surface area contributed by atoms with E-state index < -0.39 is 0 Å². The summed E-state index contributed by atoms with van der Waals surface area (Å²) >= 11 is 0. The minimum atomic E-state index is -0.0360. The van der Waals surface area contributed by atoms with Gasteiger partial charge in [0, 0.05) is 17.4 Å². The van der Waals surface area contributed by atoms with Crippen LogP contribution in [0.25, 0.3) is 0 Å². The molecule has 2 nitrogen and oxygen atoms in total. The first-order valence-electron chi connectivity index (χ1n) is 8.56. The molecule has 0 saturated carbocycles. The predicted octanol–water partition coefficient (Wildman–Crippen LogP) is 6.27. The first-order valence-corrected chi connectivity index (χ1v) is 8.56. The second-order valence-electron chi connectivity index (χ2n) is 7.86. The second-order valence-corrected chi connectivity index (χ2v) is 7.86. The average molecular weight is 310 g/mol. The van der Waals surface area contributed by atoms with Gasteiger partial charge in [-0.2, -0.15) is 0 Å². The van der Waals surface area contributed by atoms with Crippen molar-refractivity contribution in [1.82, 2.24) is 4.98 Å². The summed E-state index contributed by atoms with van der Waals surface area (Å²) in [5.41, 5.74) is 3.79. The molecular weight excluding hydrogens is 280 g/mol. The van der Waals surface area contributed by atoms with Crippen molar-refractivity contribution in [3.05, 3.63) is 53.7 Å². The van der Waals surface area contributed by atoms with Crippen molar-refractivity contribution in [2.75, 3.05) is 4.90 Å². The van der Waals surface area contributed by atoms with Gasteiger partial charge in [-0.25, -0.2) is 4.98 Å². The number of hydrogen-bond acceptors (Lipinski definition) is 2. The predicted molar refractivity (Wildman–Crippen MR) is 101 cm³/mol. The summed E-state index contributed by atoms with van der Waals surface area (Å²) in [5, 5.41) is 0. The van der Waals surface area contributed by atoms with E-state index in [9.17, 15) is 0 Å². The lowest BCUT2D eigenvalue weighted by Crippen LogP contribution is -2.38. The Hall–Kier alpha value is -1.83. The quantitative estimate of drug-likeness (QED) is 0.662. The van der Waals surface area contributed by atoms with E-state index in [1.165, 1.54) is 16.8 Å². The summed E-state index contributed by atoms with van der Waals surface area (Å²) in [6.07, 6.45) is 2.00. The lowest BCUT2D eigenvalue weighted by molar-refractivity contribution is 0.555. The number of hydrogen-bond donors (Lipinski definition) is 0. The maximum Gasteiger partial charge on any atom is 0.133 e. The molecular formula is C21H30N2. The van der Waals surface area contributed by atoms with Gasteiger partial charge in [0.2, 0.25) is 0 Å². The summed E-state index contributed by atoms with van der Waals surface area (Å²) in [5.74, 6) is 2.06. The summed E-state index contributed by atoms with van der Waals surface area (Å²) in [6.45, 7) is 15.5. The Bertz CT molecular complexity index is 565. The molecule has 23 heavy (non-hydrogen) atoms. The van der Waals surface area contributed by atoms with E-state index in [1.54, 1.807) is 0 Å². The highest BCUT2D eigenvalue weighted by atomic mass is 15.2. The van der Waals surface area contributed by atoms with E-state index in [0.717, 1.165) is 5.82 Å². The number of benzene rings is 1. The first kappa shape index (κ1) is 17.5. The van der Waals surface area contributed by atoms with Crippen LogP contribution in [0.2, 0.25) is 0 Å². The Labute approximate surface area is 141 Å². The highest BCUT2D eigenvalue weighted by Gasteiger charge is 2.24. The molecule has 0 spiro atoms. The van der Waals surface area contributed by atoms with E-state index in [-0.39, 0.29) is 5.54 Å². The zero-order valence-electron chi connectivity index (χ0n) is 15.6. The lowest BCUT2D eigenvalue weighted by Gasteiger charge is -2.37. The van der Waals surface area contributed by atoms with Crippen LogP contribution in [0.5, 0.6) is 0 Å². The molecule has 0 atom stereocenters. The summed E-state index contributed by atoms with van der Waals surface area (Å²) in [7, 11) is 0. The summed E-state index contributed by atoms with van der Waals surface area (Å²) in [6, 6.07) is 13.2. The minimum absolute atomic E-state index is 0.0360. The van der Waals surface area contributed by atoms with Gasteiger partial charge >= 0.3 is 0 Å². The van der Waals surface area contributed by atoms with E-state index in [2.05, 4.69) is 89.8 Å². The van der Waals surface area contributed by atoms with Crippen molar-refractivity contribution in [1.29, 1.82) is 0 Å². The first-order chi connectivity index (χ1) is 10.7. The molecule has 1 aromatic carbocycles. The van der Waals surface area contributed by atoms with Crippen molar-refractivity contribution in [2.45, 2.75) is 65.8 Å². The average Bonchev–Trinajstić information content (AvgIpc) is 2.47. The number of rotatable bonds is 4. The molecule has 2 rings (SSSR count). The zero-order valence-corrected chi connectivity index (χ0v) is 15.6. The Balaban J connectivity index is 2.41. The van der Waals surface area contributed by atoms with Gasteiger partial charge in [0.15, 0.2) is 0 Å². The van der Waals surface area contributed by atoms with E-state index in [1.807, 2.05) is 6.20 Å². The SMILES string of the molecule is CC(C)c1ccc(N(c2ccc(C(C)C)cn2)C(C)(C)C)cc1. The van der Waals surface area contributed by atoms with Crippen LogP contribution in [0.4, 0.5) is 11.5 Å². The molecule has 2 aromatic rings. The topological polar surface area (TPSA) is 16.1 Å². The van der Waals surface area contributed by atoms with Crippen LogP contribution in [0.3, 0.4) is 0 Å². The Morgan fingerprint density at radius 3 is 1.70 bits per heavy atom. The maximum atomic E-state index is 4.73. The molecule has 0 saturated heterocycles. The van der Waals surface area contributed by atoms with Crippen molar-refractivity contribution in [3.63, 3.8) is 0 Å². The highest BCUT2D eigenvalue weighted by Crippen LogP contribution is 2.33. The van der Waals surface area contributed by atoms with Gasteiger partial charge in [0.1, 0.15) is 5.82 Å². The van der Waals surface area contributed by atoms with Crippen molar-refractivity contribution in [2.24, 2.45) is 0 Å². The Kier molecular flexibility index (Phi) is 5.13. The van der Waals surface area contributed by atoms with Crippen LogP contribution in [0.1, 0.15) is 71.4 Å². The molecule has 1 heterocycles. The van der Waals surface area contributed by atoms with Gasteiger partial charge in [0.25, 0.3) is 0 Å². The van der Waals surface area contributed by atoms with E-state index in [0.29, 0.717) is 11.8 Å². The highest BCUT2D eigenvalue weighted by molar-refractivity contribution is 5.62. The third-order valence-electron chi connectivity index (χ3n) is 4.16. The normalized spacial score (nSPS) is 12.0. The minimum Gasteiger partial charge on any atom is -0.321 e. The number of aromatic nitrogens is 1. The van der Waals surface area contributed by atoms with Gasteiger partial charge < -0.3 is 4.90 Å². The van der Waals surface area contributed by atoms with Crippen molar-refractivity contribution in [3.8, 4) is 0 Å². The van der Waals surface area contributed by atoms with E-state index in [4.69, 9.17) is 4.98 Å². The largest absolute Gasteiger partial charge is 0.321 e. The van der Waals surface area contributed by atoms with Gasteiger partial charge in [-0.15, -0.1) is 0 Å². The monoisotopic (exact) mass is 310 g/mol. The van der Waals surface area contributed by atoms with Gasteiger partial charge in [0.05, 0.1) is 0 Å². The van der Waals surface area contributed by atoms with Crippen LogP contribution < -0.4 is 4.90 Å². The Morgan fingerprint density at radius 1 is 0.783 bits per heavy atom. The number of nitrogens with zero attached hydrogens (tertiary/aromatic N) is 2. The number of anilines is 2.